The lowest BCUT2D eigenvalue weighted by Crippen LogP contribution is -2.56. The number of aryl methyl sites for hydroxylation is 2. The van der Waals surface area contributed by atoms with Crippen molar-refractivity contribution in [2.75, 3.05) is 20.1 Å². The molecule has 20 heavy (non-hydrogen) atoms. The molecule has 1 aromatic rings. The summed E-state index contributed by atoms with van der Waals surface area (Å²) in [5.74, 6) is 0.0967. The molecule has 0 aromatic heterocycles. The van der Waals surface area contributed by atoms with E-state index in [-0.39, 0.29) is 17.9 Å². The fourth-order valence-electron chi connectivity index (χ4n) is 2.50. The number of hydrogen-bond donors (Lipinski definition) is 0. The van der Waals surface area contributed by atoms with Crippen molar-refractivity contribution in [1.82, 2.24) is 9.80 Å². The van der Waals surface area contributed by atoms with Crippen LogP contribution >= 0.6 is 0 Å². The Labute approximate surface area is 120 Å². The number of rotatable bonds is 3. The van der Waals surface area contributed by atoms with Gasteiger partial charge in [-0.2, -0.15) is 0 Å². The summed E-state index contributed by atoms with van der Waals surface area (Å²) in [7, 11) is 1.78. The normalized spacial score (nSPS) is 19.4. The Morgan fingerprint density at radius 2 is 1.90 bits per heavy atom. The van der Waals surface area contributed by atoms with Crippen LogP contribution in [0.2, 0.25) is 0 Å². The van der Waals surface area contributed by atoms with Crippen LogP contribution in [0.5, 0.6) is 0 Å². The van der Waals surface area contributed by atoms with Gasteiger partial charge in [0.05, 0.1) is 0 Å². The Balaban J connectivity index is 1.91. The van der Waals surface area contributed by atoms with Gasteiger partial charge in [-0.15, -0.1) is 0 Å². The fourth-order valence-corrected chi connectivity index (χ4v) is 2.50. The number of likely N-dealkylation sites (N-methyl/N-ethyl adjacent to an activating group) is 1. The van der Waals surface area contributed by atoms with Crippen LogP contribution in [-0.4, -0.2) is 47.8 Å². The predicted octanol–water partition coefficient (Wildman–Crippen LogP) is 1.62. The number of carbonyl (C=O) groups is 2. The maximum Gasteiger partial charge on any atom is 0.244 e. The molecule has 0 aliphatic carbocycles. The van der Waals surface area contributed by atoms with Gasteiger partial charge in [0.15, 0.2) is 0 Å². The van der Waals surface area contributed by atoms with Crippen molar-refractivity contribution in [2.45, 2.75) is 32.7 Å². The van der Waals surface area contributed by atoms with Crippen LogP contribution in [0.3, 0.4) is 0 Å². The molecule has 1 aromatic carbocycles. The van der Waals surface area contributed by atoms with Crippen molar-refractivity contribution >= 4 is 11.8 Å². The molecule has 108 valence electrons. The number of benzene rings is 1. The summed E-state index contributed by atoms with van der Waals surface area (Å²) in [6, 6.07) is 7.89. The fraction of sp³-hybridized carbons (Fsp3) is 0.500. The number of carbonyl (C=O) groups excluding carboxylic acids is 2. The third-order valence-corrected chi connectivity index (χ3v) is 3.95. The van der Waals surface area contributed by atoms with E-state index in [0.29, 0.717) is 19.5 Å². The molecule has 0 bridgehead atoms. The van der Waals surface area contributed by atoms with E-state index in [2.05, 4.69) is 24.3 Å². The van der Waals surface area contributed by atoms with E-state index in [9.17, 15) is 9.59 Å². The molecule has 0 N–H and O–H groups in total. The van der Waals surface area contributed by atoms with E-state index in [4.69, 9.17) is 0 Å². The summed E-state index contributed by atoms with van der Waals surface area (Å²) in [6.45, 7) is 5.11. The van der Waals surface area contributed by atoms with Crippen LogP contribution < -0.4 is 0 Å². The van der Waals surface area contributed by atoms with Gasteiger partial charge in [0, 0.05) is 26.6 Å². The lowest BCUT2D eigenvalue weighted by Gasteiger charge is -2.37. The van der Waals surface area contributed by atoms with Crippen molar-refractivity contribution in [1.29, 1.82) is 0 Å². The Kier molecular flexibility index (Phi) is 4.42. The maximum absolute atomic E-state index is 12.3. The van der Waals surface area contributed by atoms with Gasteiger partial charge in [-0.1, -0.05) is 29.8 Å². The van der Waals surface area contributed by atoms with E-state index in [1.165, 1.54) is 5.56 Å². The van der Waals surface area contributed by atoms with Crippen LogP contribution in [0.1, 0.15) is 24.5 Å². The summed E-state index contributed by atoms with van der Waals surface area (Å²) in [5, 5.41) is 0. The maximum atomic E-state index is 12.3. The van der Waals surface area contributed by atoms with Crippen LogP contribution in [0.15, 0.2) is 24.3 Å². The molecule has 1 aliphatic heterocycles. The van der Waals surface area contributed by atoms with E-state index in [1.807, 2.05) is 13.8 Å². The zero-order chi connectivity index (χ0) is 14.7. The molecule has 2 rings (SSSR count). The van der Waals surface area contributed by atoms with Crippen molar-refractivity contribution < 1.29 is 9.59 Å². The first-order valence-corrected chi connectivity index (χ1v) is 7.09. The van der Waals surface area contributed by atoms with Gasteiger partial charge in [0.25, 0.3) is 0 Å². The summed E-state index contributed by atoms with van der Waals surface area (Å²) in [4.78, 5) is 27.5. The van der Waals surface area contributed by atoms with Gasteiger partial charge in [-0.3, -0.25) is 9.59 Å². The molecule has 1 atom stereocenters. The second kappa shape index (κ2) is 6.07. The zero-order valence-corrected chi connectivity index (χ0v) is 12.4. The lowest BCUT2D eigenvalue weighted by molar-refractivity contribution is -0.149. The third-order valence-electron chi connectivity index (χ3n) is 3.95. The van der Waals surface area contributed by atoms with E-state index < -0.39 is 0 Å². The Bertz CT molecular complexity index is 496. The second-order valence-corrected chi connectivity index (χ2v) is 5.51. The molecule has 4 nitrogen and oxygen atoms in total. The minimum Gasteiger partial charge on any atom is -0.342 e. The van der Waals surface area contributed by atoms with Gasteiger partial charge in [0.1, 0.15) is 6.04 Å². The average molecular weight is 274 g/mol. The van der Waals surface area contributed by atoms with Gasteiger partial charge >= 0.3 is 0 Å². The summed E-state index contributed by atoms with van der Waals surface area (Å²) in [5.41, 5.74) is 2.38. The van der Waals surface area contributed by atoms with Crippen LogP contribution in [-0.2, 0) is 16.0 Å². The zero-order valence-electron chi connectivity index (χ0n) is 12.4. The molecular formula is C16H22N2O2. The smallest absolute Gasteiger partial charge is 0.244 e. The predicted molar refractivity (Wildman–Crippen MR) is 78.3 cm³/mol. The SMILES string of the molecule is Cc1ccc(CCC(=O)N2CCN(C)C(=O)C2C)cc1. The topological polar surface area (TPSA) is 40.6 Å². The molecule has 1 unspecified atom stereocenters. The standard InChI is InChI=1S/C16H22N2O2/c1-12-4-6-14(7-5-12)8-9-15(19)18-11-10-17(3)16(20)13(18)2/h4-7,13H,8-11H2,1-3H3. The second-order valence-electron chi connectivity index (χ2n) is 5.51. The largest absolute Gasteiger partial charge is 0.342 e. The van der Waals surface area contributed by atoms with E-state index >= 15 is 0 Å². The highest BCUT2D eigenvalue weighted by Crippen LogP contribution is 2.13. The molecule has 1 heterocycles. The number of nitrogens with zero attached hydrogens (tertiary/aromatic N) is 2. The first kappa shape index (κ1) is 14.6. The molecule has 4 heteroatoms. The van der Waals surface area contributed by atoms with Gasteiger partial charge < -0.3 is 9.80 Å². The van der Waals surface area contributed by atoms with Crippen molar-refractivity contribution in [3.05, 3.63) is 35.4 Å². The third kappa shape index (κ3) is 3.18. The molecule has 1 fully saturated rings. The van der Waals surface area contributed by atoms with Gasteiger partial charge in [0.2, 0.25) is 11.8 Å². The molecule has 0 spiro atoms. The first-order chi connectivity index (χ1) is 9.49. The monoisotopic (exact) mass is 274 g/mol. The summed E-state index contributed by atoms with van der Waals surface area (Å²) >= 11 is 0. The minimum atomic E-state index is -0.334. The molecule has 1 aliphatic rings. The summed E-state index contributed by atoms with van der Waals surface area (Å²) < 4.78 is 0. The quantitative estimate of drug-likeness (QED) is 0.840. The average Bonchev–Trinajstić information content (AvgIpc) is 2.44. The molecular weight excluding hydrogens is 252 g/mol. The van der Waals surface area contributed by atoms with Crippen molar-refractivity contribution in [3.8, 4) is 0 Å². The molecule has 2 amide bonds. The number of hydrogen-bond acceptors (Lipinski definition) is 2. The first-order valence-electron chi connectivity index (χ1n) is 7.09. The van der Waals surface area contributed by atoms with Crippen molar-refractivity contribution in [2.24, 2.45) is 0 Å². The highest BCUT2D eigenvalue weighted by molar-refractivity contribution is 5.88. The Hall–Kier alpha value is -1.84. The molecule has 1 saturated heterocycles. The Morgan fingerprint density at radius 1 is 1.25 bits per heavy atom. The van der Waals surface area contributed by atoms with Gasteiger partial charge in [-0.05, 0) is 25.8 Å². The van der Waals surface area contributed by atoms with Crippen LogP contribution in [0, 0.1) is 6.92 Å². The minimum absolute atomic E-state index is 0.0277. The van der Waals surface area contributed by atoms with Gasteiger partial charge in [-0.25, -0.2) is 0 Å². The molecule has 0 radical (unpaired) electrons. The highest BCUT2D eigenvalue weighted by Gasteiger charge is 2.31. The molecule has 0 saturated carbocycles. The highest BCUT2D eigenvalue weighted by atomic mass is 16.2. The number of piperazine rings is 1. The summed E-state index contributed by atoms with van der Waals surface area (Å²) in [6.07, 6.45) is 1.19. The van der Waals surface area contributed by atoms with Crippen LogP contribution in [0.4, 0.5) is 0 Å². The van der Waals surface area contributed by atoms with Crippen LogP contribution in [0.25, 0.3) is 0 Å². The van der Waals surface area contributed by atoms with E-state index in [0.717, 1.165) is 12.0 Å². The van der Waals surface area contributed by atoms with E-state index in [1.54, 1.807) is 16.8 Å². The Morgan fingerprint density at radius 3 is 2.55 bits per heavy atom. The number of amides is 2. The lowest BCUT2D eigenvalue weighted by atomic mass is 10.1. The van der Waals surface area contributed by atoms with Crippen molar-refractivity contribution in [3.63, 3.8) is 0 Å².